The number of methoxy groups -OCH3 is 1. The summed E-state index contributed by atoms with van der Waals surface area (Å²) in [5.41, 5.74) is 1.47. The molecule has 0 unspecified atom stereocenters. The first-order valence-electron chi connectivity index (χ1n) is 12.3. The van der Waals surface area contributed by atoms with Gasteiger partial charge in [0.1, 0.15) is 0 Å². The number of rotatable bonds is 18. The van der Waals surface area contributed by atoms with Crippen molar-refractivity contribution in [3.63, 3.8) is 0 Å². The Balaban J connectivity index is 2.51. The molecule has 1 aromatic carbocycles. The Morgan fingerprint density at radius 3 is 1.93 bits per heavy atom. The van der Waals surface area contributed by atoms with Gasteiger partial charge in [0.05, 0.1) is 7.11 Å². The fraction of sp³-hybridized carbons (Fsp3) is 0.731. The predicted octanol–water partition coefficient (Wildman–Crippen LogP) is 7.17. The van der Waals surface area contributed by atoms with Crippen molar-refractivity contribution >= 4 is 5.91 Å². The Bertz CT molecular complexity index is 586. The third-order valence-corrected chi connectivity index (χ3v) is 5.78. The van der Waals surface area contributed by atoms with Gasteiger partial charge in [-0.1, -0.05) is 90.9 Å². The van der Waals surface area contributed by atoms with Crippen LogP contribution in [0.4, 0.5) is 0 Å². The number of carbonyl (C=O) groups excluding carboxylic acids is 1. The van der Waals surface area contributed by atoms with Crippen molar-refractivity contribution in [1.29, 1.82) is 0 Å². The molecule has 0 bridgehead atoms. The normalized spacial score (nSPS) is 10.9. The smallest absolute Gasteiger partial charge is 0.251 e. The van der Waals surface area contributed by atoms with Gasteiger partial charge in [-0.2, -0.15) is 0 Å². The van der Waals surface area contributed by atoms with E-state index in [0.717, 1.165) is 37.7 Å². The van der Waals surface area contributed by atoms with Gasteiger partial charge >= 0.3 is 0 Å². The second-order valence-corrected chi connectivity index (χ2v) is 8.39. The number of unbranched alkanes of at least 4 members (excludes halogenated alkanes) is 12. The molecule has 0 spiro atoms. The zero-order chi connectivity index (χ0) is 22.0. The summed E-state index contributed by atoms with van der Waals surface area (Å²) in [4.78, 5) is 12.8. The first-order valence-corrected chi connectivity index (χ1v) is 12.3. The lowest BCUT2D eigenvalue weighted by Gasteiger charge is -2.15. The molecule has 0 atom stereocenters. The molecule has 172 valence electrons. The highest BCUT2D eigenvalue weighted by atomic mass is 16.5. The number of nitrogens with one attached hydrogen (secondary N) is 1. The monoisotopic (exact) mass is 419 g/mol. The number of ether oxygens (including phenoxy) is 1. The van der Waals surface area contributed by atoms with Gasteiger partial charge < -0.3 is 15.2 Å². The molecular formula is C26H45NO3. The fourth-order valence-electron chi connectivity index (χ4n) is 3.94. The summed E-state index contributed by atoms with van der Waals surface area (Å²) in [7, 11) is 1.56. The Morgan fingerprint density at radius 2 is 1.37 bits per heavy atom. The quantitative estimate of drug-likeness (QED) is 0.248. The second kappa shape index (κ2) is 17.0. The van der Waals surface area contributed by atoms with E-state index in [1.54, 1.807) is 19.2 Å². The lowest BCUT2D eigenvalue weighted by molar-refractivity contribution is 0.0951. The van der Waals surface area contributed by atoms with E-state index in [1.165, 1.54) is 64.2 Å². The summed E-state index contributed by atoms with van der Waals surface area (Å²) >= 11 is 0. The molecule has 0 heterocycles. The highest BCUT2D eigenvalue weighted by molar-refractivity contribution is 5.96. The van der Waals surface area contributed by atoms with Gasteiger partial charge in [-0.05, 0) is 31.4 Å². The second-order valence-electron chi connectivity index (χ2n) is 8.39. The molecule has 0 aliphatic heterocycles. The molecule has 4 heteroatoms. The van der Waals surface area contributed by atoms with Crippen LogP contribution in [0.15, 0.2) is 12.1 Å². The van der Waals surface area contributed by atoms with Crippen molar-refractivity contribution in [1.82, 2.24) is 5.32 Å². The SMILES string of the molecule is CCCCCCCCCNC(=O)c1ccc(O)c(OC)c1CCCCCCCCC. The van der Waals surface area contributed by atoms with Crippen LogP contribution < -0.4 is 10.1 Å². The molecule has 4 nitrogen and oxygen atoms in total. The molecule has 30 heavy (non-hydrogen) atoms. The standard InChI is InChI=1S/C26H45NO3/c1-4-6-8-10-12-14-16-18-22-23(19-20-24(28)25(22)30-3)26(29)27-21-17-15-13-11-9-7-5-2/h19-20,28H,4-18,21H2,1-3H3,(H,27,29). The van der Waals surface area contributed by atoms with Crippen molar-refractivity contribution in [2.45, 2.75) is 110 Å². The number of carbonyl (C=O) groups is 1. The maximum Gasteiger partial charge on any atom is 0.251 e. The Kier molecular flexibility index (Phi) is 14.9. The molecule has 1 aromatic rings. The Hall–Kier alpha value is -1.71. The van der Waals surface area contributed by atoms with Crippen LogP contribution in [0.1, 0.15) is 120 Å². The number of amides is 1. The van der Waals surface area contributed by atoms with Crippen LogP contribution in [0, 0.1) is 0 Å². The van der Waals surface area contributed by atoms with Gasteiger partial charge in [0.25, 0.3) is 5.91 Å². The average Bonchev–Trinajstić information content (AvgIpc) is 2.75. The van der Waals surface area contributed by atoms with Crippen LogP contribution in [-0.4, -0.2) is 24.7 Å². The van der Waals surface area contributed by atoms with E-state index in [1.807, 2.05) is 0 Å². The van der Waals surface area contributed by atoms with Crippen molar-refractivity contribution < 1.29 is 14.6 Å². The number of hydrogen-bond acceptors (Lipinski definition) is 3. The first kappa shape index (κ1) is 26.3. The minimum atomic E-state index is -0.0581. The van der Waals surface area contributed by atoms with E-state index >= 15 is 0 Å². The number of phenolic OH excluding ortho intramolecular Hbond substituents is 1. The number of phenols is 1. The molecule has 0 saturated carbocycles. The van der Waals surface area contributed by atoms with E-state index in [4.69, 9.17) is 4.74 Å². The molecule has 0 aliphatic carbocycles. The molecule has 1 amide bonds. The lowest BCUT2D eigenvalue weighted by Crippen LogP contribution is -2.25. The van der Waals surface area contributed by atoms with Crippen LogP contribution >= 0.6 is 0 Å². The van der Waals surface area contributed by atoms with Gasteiger partial charge in [0.15, 0.2) is 11.5 Å². The molecule has 2 N–H and O–H groups in total. The van der Waals surface area contributed by atoms with Gasteiger partial charge in [-0.25, -0.2) is 0 Å². The van der Waals surface area contributed by atoms with E-state index in [0.29, 0.717) is 17.9 Å². The van der Waals surface area contributed by atoms with Crippen LogP contribution in [-0.2, 0) is 6.42 Å². The van der Waals surface area contributed by atoms with E-state index in [-0.39, 0.29) is 11.7 Å². The minimum Gasteiger partial charge on any atom is -0.504 e. The summed E-state index contributed by atoms with van der Waals surface area (Å²) in [5.74, 6) is 0.501. The summed E-state index contributed by atoms with van der Waals surface area (Å²) in [5, 5.41) is 13.2. The molecule has 0 radical (unpaired) electrons. The van der Waals surface area contributed by atoms with Gasteiger partial charge in [-0.15, -0.1) is 0 Å². The fourth-order valence-corrected chi connectivity index (χ4v) is 3.94. The summed E-state index contributed by atoms with van der Waals surface area (Å²) in [6.07, 6.45) is 17.9. The molecule has 0 saturated heterocycles. The zero-order valence-electron chi connectivity index (χ0n) is 19.7. The van der Waals surface area contributed by atoms with E-state index < -0.39 is 0 Å². The topological polar surface area (TPSA) is 58.6 Å². The molecule has 0 fully saturated rings. The van der Waals surface area contributed by atoms with Crippen molar-refractivity contribution in [3.05, 3.63) is 23.3 Å². The molecule has 0 aliphatic rings. The average molecular weight is 420 g/mol. The molecule has 1 rings (SSSR count). The number of benzene rings is 1. The van der Waals surface area contributed by atoms with Gasteiger partial charge in [-0.3, -0.25) is 4.79 Å². The van der Waals surface area contributed by atoms with E-state index in [9.17, 15) is 9.90 Å². The first-order chi connectivity index (χ1) is 14.7. The van der Waals surface area contributed by atoms with Crippen molar-refractivity contribution in [2.24, 2.45) is 0 Å². The highest BCUT2D eigenvalue weighted by Crippen LogP contribution is 2.34. The Morgan fingerprint density at radius 1 is 0.833 bits per heavy atom. The van der Waals surface area contributed by atoms with Gasteiger partial charge in [0, 0.05) is 17.7 Å². The largest absolute Gasteiger partial charge is 0.504 e. The third kappa shape index (κ3) is 10.4. The Labute approximate surface area is 184 Å². The number of aromatic hydroxyl groups is 1. The van der Waals surface area contributed by atoms with Crippen LogP contribution in [0.2, 0.25) is 0 Å². The maximum atomic E-state index is 12.8. The minimum absolute atomic E-state index is 0.0581. The van der Waals surface area contributed by atoms with Gasteiger partial charge in [0.2, 0.25) is 0 Å². The van der Waals surface area contributed by atoms with E-state index in [2.05, 4.69) is 19.2 Å². The van der Waals surface area contributed by atoms with Crippen LogP contribution in [0.5, 0.6) is 11.5 Å². The number of hydrogen-bond donors (Lipinski definition) is 2. The third-order valence-electron chi connectivity index (χ3n) is 5.78. The summed E-state index contributed by atoms with van der Waals surface area (Å²) in [6.45, 7) is 5.16. The summed E-state index contributed by atoms with van der Waals surface area (Å²) < 4.78 is 5.44. The molecule has 0 aromatic heterocycles. The van der Waals surface area contributed by atoms with Crippen molar-refractivity contribution in [3.8, 4) is 11.5 Å². The van der Waals surface area contributed by atoms with Crippen LogP contribution in [0.3, 0.4) is 0 Å². The lowest BCUT2D eigenvalue weighted by atomic mass is 9.98. The van der Waals surface area contributed by atoms with Crippen LogP contribution in [0.25, 0.3) is 0 Å². The molecular weight excluding hydrogens is 374 g/mol. The summed E-state index contributed by atoms with van der Waals surface area (Å²) in [6, 6.07) is 3.30. The highest BCUT2D eigenvalue weighted by Gasteiger charge is 2.18. The maximum absolute atomic E-state index is 12.8. The van der Waals surface area contributed by atoms with Crippen molar-refractivity contribution in [2.75, 3.05) is 13.7 Å². The zero-order valence-corrected chi connectivity index (χ0v) is 19.7. The predicted molar refractivity (Wildman–Crippen MR) is 127 cm³/mol.